The summed E-state index contributed by atoms with van der Waals surface area (Å²) in [6, 6.07) is 7.78. The molecular weight excluding hydrogens is 312 g/mol. The van der Waals surface area contributed by atoms with Crippen LogP contribution < -0.4 is 9.47 Å². The topological polar surface area (TPSA) is 53.5 Å². The Morgan fingerprint density at radius 2 is 2.11 bits per heavy atom. The van der Waals surface area contributed by atoms with Gasteiger partial charge in [-0.05, 0) is 33.6 Å². The average molecular weight is 325 g/mol. The van der Waals surface area contributed by atoms with Crippen LogP contribution in [-0.2, 0) is 11.3 Å². The van der Waals surface area contributed by atoms with E-state index in [-0.39, 0.29) is 6.01 Å². The standard InChI is InChI=1S/C13H13BrN2O3/c1-17-8-9-4-3-5-10(6-9)19-13-15-7-11(14)12(16-13)18-2/h3-7H,8H2,1-2H3. The molecule has 0 N–H and O–H groups in total. The van der Waals surface area contributed by atoms with Gasteiger partial charge >= 0.3 is 6.01 Å². The van der Waals surface area contributed by atoms with E-state index < -0.39 is 0 Å². The second-order valence-corrected chi connectivity index (χ2v) is 4.55. The molecule has 1 aromatic heterocycles. The summed E-state index contributed by atoms with van der Waals surface area (Å²) in [6.07, 6.45) is 1.58. The zero-order valence-electron chi connectivity index (χ0n) is 10.6. The van der Waals surface area contributed by atoms with Crippen molar-refractivity contribution in [2.45, 2.75) is 6.61 Å². The highest BCUT2D eigenvalue weighted by molar-refractivity contribution is 9.10. The van der Waals surface area contributed by atoms with Gasteiger partial charge in [0.05, 0.1) is 24.4 Å². The summed E-state index contributed by atoms with van der Waals surface area (Å²) in [4.78, 5) is 8.19. The molecule has 0 amide bonds. The molecule has 1 heterocycles. The number of hydrogen-bond acceptors (Lipinski definition) is 5. The van der Waals surface area contributed by atoms with Crippen LogP contribution in [0.5, 0.6) is 17.6 Å². The Morgan fingerprint density at radius 1 is 1.26 bits per heavy atom. The quantitative estimate of drug-likeness (QED) is 0.845. The third-order valence-electron chi connectivity index (χ3n) is 2.30. The molecule has 0 saturated heterocycles. The first-order valence-corrected chi connectivity index (χ1v) is 6.34. The van der Waals surface area contributed by atoms with Crippen LogP contribution in [0.25, 0.3) is 0 Å². The van der Waals surface area contributed by atoms with Crippen LogP contribution in [0.2, 0.25) is 0 Å². The number of hydrogen-bond donors (Lipinski definition) is 0. The van der Waals surface area contributed by atoms with Gasteiger partial charge in [-0.1, -0.05) is 12.1 Å². The van der Waals surface area contributed by atoms with Crippen LogP contribution in [0.4, 0.5) is 0 Å². The summed E-state index contributed by atoms with van der Waals surface area (Å²) < 4.78 is 16.4. The second kappa shape index (κ2) is 6.49. The molecule has 0 bridgehead atoms. The average Bonchev–Trinajstić information content (AvgIpc) is 2.42. The van der Waals surface area contributed by atoms with E-state index in [0.717, 1.165) is 5.56 Å². The van der Waals surface area contributed by atoms with Crippen molar-refractivity contribution < 1.29 is 14.2 Å². The molecule has 0 atom stereocenters. The minimum Gasteiger partial charge on any atom is -0.480 e. The van der Waals surface area contributed by atoms with Crippen LogP contribution in [0, 0.1) is 0 Å². The molecule has 0 fully saturated rings. The van der Waals surface area contributed by atoms with Crippen molar-refractivity contribution in [1.82, 2.24) is 9.97 Å². The summed E-state index contributed by atoms with van der Waals surface area (Å²) in [5.74, 6) is 1.08. The molecular formula is C13H13BrN2O3. The van der Waals surface area contributed by atoms with Gasteiger partial charge in [0.2, 0.25) is 5.88 Å². The number of nitrogens with zero attached hydrogens (tertiary/aromatic N) is 2. The van der Waals surface area contributed by atoms with E-state index in [1.807, 2.05) is 24.3 Å². The summed E-state index contributed by atoms with van der Waals surface area (Å²) in [6.45, 7) is 0.529. The van der Waals surface area contributed by atoms with Crippen LogP contribution in [0.3, 0.4) is 0 Å². The molecule has 100 valence electrons. The fraction of sp³-hybridized carbons (Fsp3) is 0.231. The number of methoxy groups -OCH3 is 2. The van der Waals surface area contributed by atoms with Crippen LogP contribution >= 0.6 is 15.9 Å². The molecule has 0 unspecified atom stereocenters. The highest BCUT2D eigenvalue weighted by atomic mass is 79.9. The lowest BCUT2D eigenvalue weighted by Crippen LogP contribution is -1.96. The number of halogens is 1. The monoisotopic (exact) mass is 324 g/mol. The number of ether oxygens (including phenoxy) is 3. The fourth-order valence-electron chi connectivity index (χ4n) is 1.50. The van der Waals surface area contributed by atoms with Crippen LogP contribution in [0.1, 0.15) is 5.56 Å². The molecule has 0 radical (unpaired) electrons. The molecule has 0 aliphatic carbocycles. The maximum Gasteiger partial charge on any atom is 0.325 e. The van der Waals surface area contributed by atoms with E-state index in [1.165, 1.54) is 7.11 Å². The van der Waals surface area contributed by atoms with Gasteiger partial charge in [0.1, 0.15) is 5.75 Å². The van der Waals surface area contributed by atoms with E-state index >= 15 is 0 Å². The molecule has 2 rings (SSSR count). The first kappa shape index (κ1) is 13.8. The number of aromatic nitrogens is 2. The lowest BCUT2D eigenvalue weighted by Gasteiger charge is -2.07. The minimum absolute atomic E-state index is 0.231. The first-order chi connectivity index (χ1) is 9.22. The van der Waals surface area contributed by atoms with E-state index in [1.54, 1.807) is 13.3 Å². The highest BCUT2D eigenvalue weighted by Gasteiger charge is 2.07. The molecule has 0 aliphatic rings. The van der Waals surface area contributed by atoms with Crippen molar-refractivity contribution >= 4 is 15.9 Å². The maximum absolute atomic E-state index is 5.58. The van der Waals surface area contributed by atoms with Gasteiger partial charge in [0, 0.05) is 7.11 Å². The first-order valence-electron chi connectivity index (χ1n) is 5.55. The third-order valence-corrected chi connectivity index (χ3v) is 2.85. The van der Waals surface area contributed by atoms with Gasteiger partial charge in [0.25, 0.3) is 0 Å². The minimum atomic E-state index is 0.231. The molecule has 19 heavy (non-hydrogen) atoms. The molecule has 0 spiro atoms. The number of rotatable bonds is 5. The Kier molecular flexibility index (Phi) is 4.70. The second-order valence-electron chi connectivity index (χ2n) is 3.69. The molecule has 1 aromatic carbocycles. The SMILES string of the molecule is COCc1cccc(Oc2ncc(Br)c(OC)n2)c1. The summed E-state index contributed by atoms with van der Waals surface area (Å²) in [5, 5.41) is 0. The predicted octanol–water partition coefficient (Wildman–Crippen LogP) is 3.19. The largest absolute Gasteiger partial charge is 0.480 e. The van der Waals surface area contributed by atoms with Gasteiger partial charge in [-0.15, -0.1) is 0 Å². The molecule has 0 aliphatic heterocycles. The predicted molar refractivity (Wildman–Crippen MR) is 73.5 cm³/mol. The van der Waals surface area contributed by atoms with Crippen LogP contribution in [-0.4, -0.2) is 24.2 Å². The normalized spacial score (nSPS) is 10.3. The lowest BCUT2D eigenvalue weighted by atomic mass is 10.2. The van der Waals surface area contributed by atoms with Crippen LogP contribution in [0.15, 0.2) is 34.9 Å². The summed E-state index contributed by atoms with van der Waals surface area (Å²) in [7, 11) is 3.19. The Morgan fingerprint density at radius 3 is 2.84 bits per heavy atom. The van der Waals surface area contributed by atoms with Gasteiger partial charge in [-0.3, -0.25) is 0 Å². The molecule has 2 aromatic rings. The van der Waals surface area contributed by atoms with E-state index in [0.29, 0.717) is 22.7 Å². The van der Waals surface area contributed by atoms with Crippen molar-refractivity contribution in [2.24, 2.45) is 0 Å². The van der Waals surface area contributed by atoms with Crippen molar-refractivity contribution in [3.63, 3.8) is 0 Å². The smallest absolute Gasteiger partial charge is 0.325 e. The molecule has 6 heteroatoms. The Bertz CT molecular complexity index is 563. The number of benzene rings is 1. The van der Waals surface area contributed by atoms with E-state index in [2.05, 4.69) is 25.9 Å². The van der Waals surface area contributed by atoms with Gasteiger partial charge < -0.3 is 14.2 Å². The Balaban J connectivity index is 2.18. The van der Waals surface area contributed by atoms with Crippen molar-refractivity contribution in [3.8, 4) is 17.6 Å². The zero-order chi connectivity index (χ0) is 13.7. The molecule has 0 saturated carbocycles. The Labute approximate surface area is 119 Å². The third kappa shape index (κ3) is 3.65. The molecule has 5 nitrogen and oxygen atoms in total. The highest BCUT2D eigenvalue weighted by Crippen LogP contribution is 2.25. The van der Waals surface area contributed by atoms with Gasteiger partial charge in [-0.25, -0.2) is 4.98 Å². The summed E-state index contributed by atoms with van der Waals surface area (Å²) in [5.41, 5.74) is 1.02. The van der Waals surface area contributed by atoms with Crippen molar-refractivity contribution in [2.75, 3.05) is 14.2 Å². The Hall–Kier alpha value is -1.66. The summed E-state index contributed by atoms with van der Waals surface area (Å²) >= 11 is 3.29. The van der Waals surface area contributed by atoms with E-state index in [4.69, 9.17) is 14.2 Å². The van der Waals surface area contributed by atoms with Gasteiger partial charge in [0.15, 0.2) is 0 Å². The fourth-order valence-corrected chi connectivity index (χ4v) is 1.85. The van der Waals surface area contributed by atoms with Crippen molar-refractivity contribution in [3.05, 3.63) is 40.5 Å². The zero-order valence-corrected chi connectivity index (χ0v) is 12.2. The van der Waals surface area contributed by atoms with E-state index in [9.17, 15) is 0 Å². The van der Waals surface area contributed by atoms with Crippen molar-refractivity contribution in [1.29, 1.82) is 0 Å². The lowest BCUT2D eigenvalue weighted by molar-refractivity contribution is 0.184. The van der Waals surface area contributed by atoms with Gasteiger partial charge in [-0.2, -0.15) is 4.98 Å². The maximum atomic E-state index is 5.58.